The van der Waals surface area contributed by atoms with Gasteiger partial charge in [0.25, 0.3) is 0 Å². The van der Waals surface area contributed by atoms with Crippen LogP contribution in [0.1, 0.15) is 206 Å². The summed E-state index contributed by atoms with van der Waals surface area (Å²) in [6.07, 6.45) is 30.2. The zero-order chi connectivity index (χ0) is 31.5. The van der Waals surface area contributed by atoms with Crippen LogP contribution in [0.25, 0.3) is 0 Å². The van der Waals surface area contributed by atoms with Gasteiger partial charge in [0.2, 0.25) is 0 Å². The van der Waals surface area contributed by atoms with Crippen LogP contribution in [0.15, 0.2) is 0 Å². The Morgan fingerprint density at radius 2 is 0.512 bits per heavy atom. The third-order valence-corrected chi connectivity index (χ3v) is 7.79. The van der Waals surface area contributed by atoms with Crippen LogP contribution in [0, 0.1) is 0 Å². The molecule has 0 fully saturated rings. The van der Waals surface area contributed by atoms with Crippen molar-refractivity contribution in [3.05, 3.63) is 0 Å². The fourth-order valence-corrected chi connectivity index (χ4v) is 5.05. The smallest absolute Gasteiger partial charge is 0.550 e. The molecular weight excluding hydrogens is 568 g/mol. The zero-order valence-electron chi connectivity index (χ0n) is 28.4. The Bertz CT molecular complexity index is 583. The number of carboxylic acids is 2. The normalized spacial score (nSPS) is 10.5. The van der Waals surface area contributed by atoms with Crippen LogP contribution in [0.5, 0.6) is 0 Å². The number of ketones is 2. The summed E-state index contributed by atoms with van der Waals surface area (Å²) >= 11 is 0. The van der Waals surface area contributed by atoms with Crippen molar-refractivity contribution in [2.24, 2.45) is 0 Å². The SMILES string of the molecule is CCCCCCC(=O)CCCCCCCCCCC(=O)[O-].CCCCCCC(=O)CCCCCCCCCCC(=O)[O-].[Ca+2]. The van der Waals surface area contributed by atoms with E-state index < -0.39 is 11.9 Å². The number of Topliss-reactive ketones (excluding diaryl/α,β-unsaturated/α-hetero) is 2. The van der Waals surface area contributed by atoms with Crippen molar-refractivity contribution in [2.75, 3.05) is 0 Å². The Morgan fingerprint density at radius 1 is 0.326 bits per heavy atom. The second-order valence-corrected chi connectivity index (χ2v) is 12.1. The molecule has 0 heterocycles. The fourth-order valence-electron chi connectivity index (χ4n) is 5.05. The van der Waals surface area contributed by atoms with E-state index >= 15 is 0 Å². The molecule has 0 aromatic rings. The van der Waals surface area contributed by atoms with E-state index in [-0.39, 0.29) is 50.6 Å². The molecule has 7 heteroatoms. The van der Waals surface area contributed by atoms with Crippen molar-refractivity contribution < 1.29 is 29.4 Å². The minimum atomic E-state index is -0.936. The number of aliphatic carboxylic acids is 2. The van der Waals surface area contributed by atoms with Crippen molar-refractivity contribution in [3.8, 4) is 0 Å². The zero-order valence-corrected chi connectivity index (χ0v) is 30.6. The van der Waals surface area contributed by atoms with Crippen LogP contribution >= 0.6 is 0 Å². The van der Waals surface area contributed by atoms with Crippen LogP contribution in [0.3, 0.4) is 0 Å². The van der Waals surface area contributed by atoms with Gasteiger partial charge in [0.15, 0.2) is 0 Å². The maximum atomic E-state index is 11.6. The van der Waals surface area contributed by atoms with Crippen molar-refractivity contribution >= 4 is 61.2 Å². The summed E-state index contributed by atoms with van der Waals surface area (Å²) in [4.78, 5) is 43.7. The van der Waals surface area contributed by atoms with Crippen LogP contribution < -0.4 is 10.2 Å². The van der Waals surface area contributed by atoms with Gasteiger partial charge < -0.3 is 19.8 Å². The van der Waals surface area contributed by atoms with Crippen LogP contribution in [0.2, 0.25) is 0 Å². The summed E-state index contributed by atoms with van der Waals surface area (Å²) in [6.45, 7) is 4.37. The Hall–Kier alpha value is -0.460. The number of hydrogen-bond acceptors (Lipinski definition) is 6. The maximum Gasteiger partial charge on any atom is 2.00 e. The van der Waals surface area contributed by atoms with E-state index in [2.05, 4.69) is 13.8 Å². The van der Waals surface area contributed by atoms with E-state index in [4.69, 9.17) is 0 Å². The number of unbranched alkanes of at least 4 members (excludes halogenated alkanes) is 20. The van der Waals surface area contributed by atoms with E-state index in [1.807, 2.05) is 0 Å². The van der Waals surface area contributed by atoms with Gasteiger partial charge in [-0.25, -0.2) is 0 Å². The summed E-state index contributed by atoms with van der Waals surface area (Å²) in [6, 6.07) is 0. The largest absolute Gasteiger partial charge is 2.00 e. The Morgan fingerprint density at radius 3 is 0.721 bits per heavy atom. The molecule has 0 aliphatic rings. The first-order valence-electron chi connectivity index (χ1n) is 17.8. The third-order valence-electron chi connectivity index (χ3n) is 7.79. The molecule has 0 radical (unpaired) electrons. The van der Waals surface area contributed by atoms with Crippen LogP contribution in [-0.2, 0) is 19.2 Å². The predicted molar refractivity (Wildman–Crippen MR) is 176 cm³/mol. The molecule has 43 heavy (non-hydrogen) atoms. The first-order chi connectivity index (χ1) is 20.3. The second kappa shape index (κ2) is 39.6. The molecule has 248 valence electrons. The molecule has 6 nitrogen and oxygen atoms in total. The minimum Gasteiger partial charge on any atom is -0.550 e. The fraction of sp³-hybridized carbons (Fsp3) is 0.889. The third kappa shape index (κ3) is 46.1. The standard InChI is InChI=1S/2C18H34O3.Ca/c2*1-2-3-4-11-14-17(19)15-12-9-7-5-6-8-10-13-16-18(20)21;/h2*2-16H2,1H3,(H,20,21);/q;;+2/p-2. The first-order valence-corrected chi connectivity index (χ1v) is 17.8. The van der Waals surface area contributed by atoms with Gasteiger partial charge in [-0.1, -0.05) is 129 Å². The Labute approximate surface area is 295 Å². The molecule has 0 N–H and O–H groups in total. The molecule has 0 aliphatic heterocycles. The summed E-state index contributed by atoms with van der Waals surface area (Å²) in [7, 11) is 0. The van der Waals surface area contributed by atoms with Crippen LogP contribution in [-0.4, -0.2) is 61.2 Å². The van der Waals surface area contributed by atoms with Gasteiger partial charge in [0.1, 0.15) is 11.6 Å². The second-order valence-electron chi connectivity index (χ2n) is 12.1. The minimum absolute atomic E-state index is 0. The van der Waals surface area contributed by atoms with Crippen molar-refractivity contribution in [3.63, 3.8) is 0 Å². The Balaban J connectivity index is -0.000000727. The number of hydrogen-bond donors (Lipinski definition) is 0. The van der Waals surface area contributed by atoms with Gasteiger partial charge in [0, 0.05) is 37.6 Å². The van der Waals surface area contributed by atoms with Gasteiger partial charge in [0.05, 0.1) is 0 Å². The molecule has 0 aromatic carbocycles. The maximum absolute atomic E-state index is 11.6. The van der Waals surface area contributed by atoms with E-state index in [1.54, 1.807) is 0 Å². The average molecular weight is 635 g/mol. The molecule has 0 aromatic heterocycles. The summed E-state index contributed by atoms with van der Waals surface area (Å²) in [5.41, 5.74) is 0. The number of carboxylic acid groups (broad SMARTS) is 2. The summed E-state index contributed by atoms with van der Waals surface area (Å²) in [5.74, 6) is -0.995. The van der Waals surface area contributed by atoms with E-state index in [0.717, 1.165) is 103 Å². The molecular formula is C36H66CaO6. The molecule has 0 amide bonds. The van der Waals surface area contributed by atoms with E-state index in [1.165, 1.54) is 77.0 Å². The molecule has 0 bridgehead atoms. The Kier molecular flexibility index (Phi) is 43.2. The van der Waals surface area contributed by atoms with Crippen molar-refractivity contribution in [2.45, 2.75) is 206 Å². The van der Waals surface area contributed by atoms with Gasteiger partial charge in [-0.2, -0.15) is 0 Å². The van der Waals surface area contributed by atoms with Gasteiger partial charge in [-0.15, -0.1) is 0 Å². The molecule has 0 aliphatic carbocycles. The van der Waals surface area contributed by atoms with Crippen LogP contribution in [0.4, 0.5) is 0 Å². The molecule has 0 saturated carbocycles. The molecule has 0 saturated heterocycles. The number of carbonyl (C=O) groups is 4. The van der Waals surface area contributed by atoms with E-state index in [0.29, 0.717) is 11.6 Å². The van der Waals surface area contributed by atoms with Crippen molar-refractivity contribution in [1.29, 1.82) is 0 Å². The van der Waals surface area contributed by atoms with Crippen molar-refractivity contribution in [1.82, 2.24) is 0 Å². The van der Waals surface area contributed by atoms with Gasteiger partial charge in [-0.05, 0) is 51.4 Å². The average Bonchev–Trinajstić information content (AvgIpc) is 2.95. The topological polar surface area (TPSA) is 114 Å². The molecule has 0 rings (SSSR count). The van der Waals surface area contributed by atoms with Gasteiger partial charge >= 0.3 is 37.7 Å². The quantitative estimate of drug-likeness (QED) is 0.0548. The monoisotopic (exact) mass is 634 g/mol. The summed E-state index contributed by atoms with van der Waals surface area (Å²) in [5, 5.41) is 20.4. The van der Waals surface area contributed by atoms with Gasteiger partial charge in [-0.3, -0.25) is 9.59 Å². The summed E-state index contributed by atoms with van der Waals surface area (Å²) < 4.78 is 0. The number of rotatable bonds is 32. The molecule has 0 unspecified atom stereocenters. The molecule has 0 atom stereocenters. The predicted octanol–water partition coefficient (Wildman–Crippen LogP) is 7.97. The first kappa shape index (κ1) is 47.0. The molecule has 0 spiro atoms. The number of carbonyl (C=O) groups excluding carboxylic acids is 4. The van der Waals surface area contributed by atoms with E-state index in [9.17, 15) is 29.4 Å².